The summed E-state index contributed by atoms with van der Waals surface area (Å²) in [6.45, 7) is 1.86. The van der Waals surface area contributed by atoms with Crippen molar-refractivity contribution in [2.24, 2.45) is 0 Å². The highest BCUT2D eigenvalue weighted by Crippen LogP contribution is 2.28. The van der Waals surface area contributed by atoms with Crippen molar-refractivity contribution in [3.8, 4) is 17.3 Å². The summed E-state index contributed by atoms with van der Waals surface area (Å²) in [6.07, 6.45) is 3.82. The number of nitrogen functional groups attached to an aromatic ring is 1. The zero-order valence-corrected chi connectivity index (χ0v) is 18.3. The Bertz CT molecular complexity index is 1210. The van der Waals surface area contributed by atoms with Gasteiger partial charge in [-0.1, -0.05) is 12.1 Å². The molecule has 0 saturated heterocycles. The van der Waals surface area contributed by atoms with Gasteiger partial charge in [-0.05, 0) is 49.6 Å². The molecule has 0 aliphatic carbocycles. The van der Waals surface area contributed by atoms with Crippen molar-refractivity contribution in [3.63, 3.8) is 0 Å². The average Bonchev–Trinajstić information content (AvgIpc) is 3.18. The van der Waals surface area contributed by atoms with Crippen LogP contribution in [0.5, 0.6) is 11.5 Å². The number of nitrogens with zero attached hydrogens (tertiary/aromatic N) is 6. The molecule has 3 aromatic heterocycles. The van der Waals surface area contributed by atoms with Crippen LogP contribution < -0.4 is 15.2 Å². The zero-order valence-electron chi connectivity index (χ0n) is 18.3. The number of hydrogen-bond donors (Lipinski definition) is 1. The molecule has 0 aliphatic heterocycles. The number of pyridine rings is 1. The Balaban J connectivity index is 1.61. The molecule has 32 heavy (non-hydrogen) atoms. The molecule has 0 atom stereocenters. The predicted molar refractivity (Wildman–Crippen MR) is 120 cm³/mol. The van der Waals surface area contributed by atoms with Crippen LogP contribution in [0.15, 0.2) is 48.7 Å². The van der Waals surface area contributed by atoms with Crippen LogP contribution in [0.3, 0.4) is 0 Å². The Hall–Kier alpha value is -4.01. The van der Waals surface area contributed by atoms with Crippen molar-refractivity contribution in [2.45, 2.75) is 26.2 Å². The van der Waals surface area contributed by atoms with Crippen molar-refractivity contribution in [3.05, 3.63) is 77.3 Å². The van der Waals surface area contributed by atoms with Gasteiger partial charge in [0.15, 0.2) is 17.3 Å². The molecular weight excluding hydrogens is 406 g/mol. The van der Waals surface area contributed by atoms with Gasteiger partial charge < -0.3 is 15.2 Å². The first-order valence-corrected chi connectivity index (χ1v) is 10.2. The smallest absolute Gasteiger partial charge is 0.240 e. The van der Waals surface area contributed by atoms with E-state index in [-0.39, 0.29) is 5.95 Å². The number of rotatable bonds is 8. The van der Waals surface area contributed by atoms with E-state index in [1.165, 1.54) is 0 Å². The van der Waals surface area contributed by atoms with Gasteiger partial charge in [-0.2, -0.15) is 9.67 Å². The average molecular weight is 432 g/mol. The summed E-state index contributed by atoms with van der Waals surface area (Å²) < 4.78 is 12.4. The number of aryl methyl sites for hydroxylation is 3. The number of benzene rings is 1. The fourth-order valence-electron chi connectivity index (χ4n) is 3.48. The number of ether oxygens (including phenoxy) is 2. The largest absolute Gasteiger partial charge is 0.493 e. The lowest BCUT2D eigenvalue weighted by molar-refractivity contribution is 0.354. The van der Waals surface area contributed by atoms with Crippen LogP contribution in [0.4, 0.5) is 5.95 Å². The minimum atomic E-state index is 0.187. The van der Waals surface area contributed by atoms with Gasteiger partial charge in [0.05, 0.1) is 14.2 Å². The van der Waals surface area contributed by atoms with E-state index in [2.05, 4.69) is 25.0 Å². The minimum absolute atomic E-state index is 0.187. The molecule has 2 N–H and O–H groups in total. The maximum absolute atomic E-state index is 5.94. The third kappa shape index (κ3) is 4.83. The van der Waals surface area contributed by atoms with E-state index in [0.717, 1.165) is 29.8 Å². The minimum Gasteiger partial charge on any atom is -0.493 e. The van der Waals surface area contributed by atoms with Crippen LogP contribution in [0.1, 0.15) is 28.6 Å². The predicted octanol–water partition coefficient (Wildman–Crippen LogP) is 2.74. The summed E-state index contributed by atoms with van der Waals surface area (Å²) in [7, 11) is 3.22. The van der Waals surface area contributed by atoms with Gasteiger partial charge in [0.25, 0.3) is 0 Å². The standard InChI is InChI=1S/C23H25N7O2/c1-15-26-18(9-8-17-6-4-5-11-25-17)14-22(27-15)30-21(28-23(24)29-30)13-16-7-10-19(31-2)20(12-16)32-3/h4-7,10-12,14H,8-9,13H2,1-3H3,(H2,24,29). The SMILES string of the molecule is COc1ccc(Cc2nc(N)nn2-c2cc(CCc3ccccn3)nc(C)n2)cc1OC. The molecule has 9 nitrogen and oxygen atoms in total. The van der Waals surface area contributed by atoms with Gasteiger partial charge in [-0.25, -0.2) is 9.97 Å². The third-order valence-electron chi connectivity index (χ3n) is 4.96. The molecule has 0 saturated carbocycles. The van der Waals surface area contributed by atoms with Gasteiger partial charge in [0.2, 0.25) is 5.95 Å². The van der Waals surface area contributed by atoms with Crippen LogP contribution in [-0.2, 0) is 19.3 Å². The van der Waals surface area contributed by atoms with Gasteiger partial charge in [-0.3, -0.25) is 4.98 Å². The maximum Gasteiger partial charge on any atom is 0.240 e. The molecule has 164 valence electrons. The molecule has 0 unspecified atom stereocenters. The summed E-state index contributed by atoms with van der Waals surface area (Å²) in [6, 6.07) is 13.6. The van der Waals surface area contributed by atoms with E-state index in [1.54, 1.807) is 25.1 Å². The van der Waals surface area contributed by atoms with Crippen LogP contribution in [-0.4, -0.2) is 43.9 Å². The summed E-state index contributed by atoms with van der Waals surface area (Å²) in [5, 5.41) is 4.38. The number of nitrogens with two attached hydrogens (primary N) is 1. The molecule has 0 aliphatic rings. The molecule has 3 heterocycles. The fraction of sp³-hybridized carbons (Fsp3) is 0.261. The first kappa shape index (κ1) is 21.2. The third-order valence-corrected chi connectivity index (χ3v) is 4.96. The molecule has 0 bridgehead atoms. The highest BCUT2D eigenvalue weighted by atomic mass is 16.5. The van der Waals surface area contributed by atoms with Crippen molar-refractivity contribution in [2.75, 3.05) is 20.0 Å². The van der Waals surface area contributed by atoms with E-state index < -0.39 is 0 Å². The zero-order chi connectivity index (χ0) is 22.5. The number of hydrogen-bond acceptors (Lipinski definition) is 8. The van der Waals surface area contributed by atoms with Crippen LogP contribution >= 0.6 is 0 Å². The molecular formula is C23H25N7O2. The lowest BCUT2D eigenvalue weighted by Crippen LogP contribution is -2.10. The van der Waals surface area contributed by atoms with Crippen molar-refractivity contribution in [1.29, 1.82) is 0 Å². The van der Waals surface area contributed by atoms with Gasteiger partial charge in [0, 0.05) is 30.1 Å². The van der Waals surface area contributed by atoms with E-state index in [4.69, 9.17) is 15.2 Å². The van der Waals surface area contributed by atoms with Crippen molar-refractivity contribution >= 4 is 5.95 Å². The van der Waals surface area contributed by atoms with Gasteiger partial charge in [-0.15, -0.1) is 5.10 Å². The van der Waals surface area contributed by atoms with Crippen LogP contribution in [0, 0.1) is 6.92 Å². The Morgan fingerprint density at radius 3 is 2.47 bits per heavy atom. The molecule has 0 spiro atoms. The van der Waals surface area contributed by atoms with Crippen molar-refractivity contribution < 1.29 is 9.47 Å². The van der Waals surface area contributed by atoms with Crippen molar-refractivity contribution in [1.82, 2.24) is 29.7 Å². The van der Waals surface area contributed by atoms with E-state index in [9.17, 15) is 0 Å². The second-order valence-electron chi connectivity index (χ2n) is 7.25. The Labute approximate surface area is 186 Å². The molecule has 4 aromatic rings. The summed E-state index contributed by atoms with van der Waals surface area (Å²) in [5.41, 5.74) is 8.85. The van der Waals surface area contributed by atoms with E-state index in [0.29, 0.717) is 35.4 Å². The topological polar surface area (TPSA) is 114 Å². The quantitative estimate of drug-likeness (QED) is 0.453. The van der Waals surface area contributed by atoms with Crippen LogP contribution in [0.25, 0.3) is 5.82 Å². The number of methoxy groups -OCH3 is 2. The lowest BCUT2D eigenvalue weighted by Gasteiger charge is -2.11. The normalized spacial score (nSPS) is 10.8. The Morgan fingerprint density at radius 1 is 0.906 bits per heavy atom. The van der Waals surface area contributed by atoms with Gasteiger partial charge in [0.1, 0.15) is 11.6 Å². The molecule has 0 radical (unpaired) electrons. The monoisotopic (exact) mass is 431 g/mol. The first-order valence-electron chi connectivity index (χ1n) is 10.2. The second kappa shape index (κ2) is 9.42. The summed E-state index contributed by atoms with van der Waals surface area (Å²) in [4.78, 5) is 17.9. The molecule has 1 aromatic carbocycles. The molecule has 9 heteroatoms. The second-order valence-corrected chi connectivity index (χ2v) is 7.25. The molecule has 0 amide bonds. The molecule has 0 fully saturated rings. The Morgan fingerprint density at radius 2 is 1.72 bits per heavy atom. The molecule has 4 rings (SSSR count). The summed E-state index contributed by atoms with van der Waals surface area (Å²) >= 11 is 0. The first-order chi connectivity index (χ1) is 15.6. The van der Waals surface area contributed by atoms with Gasteiger partial charge >= 0.3 is 0 Å². The summed E-state index contributed by atoms with van der Waals surface area (Å²) in [5.74, 6) is 3.47. The maximum atomic E-state index is 5.94. The highest BCUT2D eigenvalue weighted by molar-refractivity contribution is 5.44. The van der Waals surface area contributed by atoms with E-state index in [1.807, 2.05) is 49.4 Å². The lowest BCUT2D eigenvalue weighted by atomic mass is 10.1. The number of anilines is 1. The number of aromatic nitrogens is 6. The van der Waals surface area contributed by atoms with Crippen LogP contribution in [0.2, 0.25) is 0 Å². The fourth-order valence-corrected chi connectivity index (χ4v) is 3.48. The highest BCUT2D eigenvalue weighted by Gasteiger charge is 2.15. The van der Waals surface area contributed by atoms with E-state index >= 15 is 0 Å². The Kier molecular flexibility index (Phi) is 6.25.